The van der Waals surface area contributed by atoms with Gasteiger partial charge in [-0.25, -0.2) is 0 Å². The number of aromatic nitrogens is 1. The van der Waals surface area contributed by atoms with Crippen molar-refractivity contribution in [2.75, 3.05) is 26.3 Å². The van der Waals surface area contributed by atoms with Crippen molar-refractivity contribution in [3.63, 3.8) is 0 Å². The van der Waals surface area contributed by atoms with E-state index in [4.69, 9.17) is 14.5 Å². The summed E-state index contributed by atoms with van der Waals surface area (Å²) in [7, 11) is 0. The van der Waals surface area contributed by atoms with Gasteiger partial charge in [0.2, 0.25) is 0 Å². The second-order valence-electron chi connectivity index (χ2n) is 15.1. The van der Waals surface area contributed by atoms with Crippen molar-refractivity contribution in [2.24, 2.45) is 10.8 Å². The molecule has 3 aliphatic rings. The smallest absolute Gasteiger partial charge is 0.155 e. The molecule has 2 aromatic rings. The Morgan fingerprint density at radius 3 is 2.74 bits per heavy atom. The highest BCUT2D eigenvalue weighted by molar-refractivity contribution is 5.86. The summed E-state index contributed by atoms with van der Waals surface area (Å²) >= 11 is 0. The molecule has 0 saturated carbocycles. The first kappa shape index (κ1) is 31.3. The summed E-state index contributed by atoms with van der Waals surface area (Å²) in [6.45, 7) is 14.4. The first-order valence-corrected chi connectivity index (χ1v) is 16.6. The van der Waals surface area contributed by atoms with Gasteiger partial charge < -0.3 is 9.47 Å². The van der Waals surface area contributed by atoms with Crippen molar-refractivity contribution in [2.45, 2.75) is 123 Å². The van der Waals surface area contributed by atoms with Crippen molar-refractivity contribution >= 4 is 5.78 Å². The number of fused-ring (bicyclic) bond motifs is 1. The third kappa shape index (κ3) is 8.30. The highest BCUT2D eigenvalue weighted by atomic mass is 16.5. The average molecular weight is 575 g/mol. The molecule has 0 amide bonds. The lowest BCUT2D eigenvalue weighted by molar-refractivity contribution is -0.126. The molecule has 2 unspecified atom stereocenters. The van der Waals surface area contributed by atoms with E-state index >= 15 is 0 Å². The number of rotatable bonds is 11. The number of hydrogen-bond acceptors (Lipinski definition) is 5. The minimum atomic E-state index is -0.252. The molecular formula is C37H54N2O3. The van der Waals surface area contributed by atoms with E-state index in [0.29, 0.717) is 12.2 Å². The van der Waals surface area contributed by atoms with E-state index < -0.39 is 0 Å². The number of ether oxygens (including phenoxy) is 2. The maximum absolute atomic E-state index is 14.0. The summed E-state index contributed by atoms with van der Waals surface area (Å²) in [5.74, 6) is 0.309. The molecule has 1 aromatic heterocycles. The average Bonchev–Trinajstić information content (AvgIpc) is 3.40. The van der Waals surface area contributed by atoms with E-state index in [0.717, 1.165) is 76.8 Å². The van der Waals surface area contributed by atoms with Crippen molar-refractivity contribution in [1.29, 1.82) is 0 Å². The van der Waals surface area contributed by atoms with Crippen LogP contribution >= 0.6 is 0 Å². The monoisotopic (exact) mass is 574 g/mol. The molecule has 5 heteroatoms. The summed E-state index contributed by atoms with van der Waals surface area (Å²) in [6.07, 6.45) is 11.9. The van der Waals surface area contributed by atoms with Gasteiger partial charge in [0.05, 0.1) is 18.2 Å². The maximum atomic E-state index is 14.0. The fourth-order valence-electron chi connectivity index (χ4n) is 7.14. The second kappa shape index (κ2) is 13.7. The van der Waals surface area contributed by atoms with E-state index in [1.54, 1.807) is 0 Å². The largest absolute Gasteiger partial charge is 0.377 e. The minimum Gasteiger partial charge on any atom is -0.377 e. The number of carbonyl (C=O) groups excluding carboxylic acids is 1. The minimum absolute atomic E-state index is 0.0362. The first-order chi connectivity index (χ1) is 20.1. The van der Waals surface area contributed by atoms with Crippen molar-refractivity contribution in [3.8, 4) is 0 Å². The Balaban J connectivity index is 1.20. The van der Waals surface area contributed by atoms with E-state index in [2.05, 4.69) is 75.9 Å². The van der Waals surface area contributed by atoms with Crippen LogP contribution in [0.15, 0.2) is 36.4 Å². The maximum Gasteiger partial charge on any atom is 0.155 e. The van der Waals surface area contributed by atoms with Gasteiger partial charge in [-0.3, -0.25) is 14.7 Å². The van der Waals surface area contributed by atoms with Gasteiger partial charge >= 0.3 is 0 Å². The SMILES string of the molecule is CC(C)(C)CC(=O)C(c1ccccc1C1CC(C)(C)CCO1)N1CC[C@@H](OCCCCc2ccc3c(n2)CCCC3)C1. The molecule has 1 aromatic carbocycles. The van der Waals surface area contributed by atoms with Crippen LogP contribution in [0.2, 0.25) is 0 Å². The Morgan fingerprint density at radius 2 is 1.93 bits per heavy atom. The van der Waals surface area contributed by atoms with Crippen LogP contribution in [0.5, 0.6) is 0 Å². The van der Waals surface area contributed by atoms with Gasteiger partial charge in [-0.1, -0.05) is 65.0 Å². The molecule has 3 atom stereocenters. The van der Waals surface area contributed by atoms with Gasteiger partial charge in [0, 0.05) is 44.1 Å². The van der Waals surface area contributed by atoms with Crippen LogP contribution in [-0.4, -0.2) is 48.1 Å². The third-order valence-electron chi connectivity index (χ3n) is 9.44. The number of pyridine rings is 1. The van der Waals surface area contributed by atoms with Gasteiger partial charge in [0.25, 0.3) is 0 Å². The van der Waals surface area contributed by atoms with Gasteiger partial charge in [-0.2, -0.15) is 0 Å². The zero-order valence-electron chi connectivity index (χ0n) is 26.9. The Labute approximate surface area is 254 Å². The number of aryl methyl sites for hydroxylation is 3. The second-order valence-corrected chi connectivity index (χ2v) is 15.1. The fourth-order valence-corrected chi connectivity index (χ4v) is 7.14. The van der Waals surface area contributed by atoms with Crippen LogP contribution in [0.1, 0.15) is 126 Å². The molecule has 0 radical (unpaired) electrons. The van der Waals surface area contributed by atoms with Crippen LogP contribution in [-0.2, 0) is 33.5 Å². The molecule has 0 bridgehead atoms. The van der Waals surface area contributed by atoms with Crippen molar-refractivity contribution in [1.82, 2.24) is 9.88 Å². The van der Waals surface area contributed by atoms with Gasteiger partial charge in [-0.05, 0) is 97.8 Å². The van der Waals surface area contributed by atoms with Crippen LogP contribution in [0.4, 0.5) is 0 Å². The molecule has 42 heavy (non-hydrogen) atoms. The molecule has 1 aliphatic carbocycles. The normalized spacial score (nSPS) is 23.5. The molecule has 3 heterocycles. The molecule has 230 valence electrons. The predicted molar refractivity (Wildman–Crippen MR) is 170 cm³/mol. The standard InChI is InChI=1S/C37H54N2O3/c1-36(2,3)24-33(40)35(31-15-8-7-14-30(31)34-25-37(4,5)20-23-42-34)39-21-19-29(26-39)41-22-11-10-13-28-18-17-27-12-6-9-16-32(27)38-28/h7-8,14-15,17-18,29,34-35H,6,9-13,16,19-26H2,1-5H3/t29-,34?,35?/m1/s1. The number of Topliss-reactive ketones (excluding diaryl/α,β-unsaturated/α-hetero) is 1. The number of nitrogens with zero attached hydrogens (tertiary/aromatic N) is 2. The Morgan fingerprint density at radius 1 is 1.12 bits per heavy atom. The number of likely N-dealkylation sites (tertiary alicyclic amines) is 1. The van der Waals surface area contributed by atoms with Gasteiger partial charge in [-0.15, -0.1) is 0 Å². The van der Waals surface area contributed by atoms with Crippen molar-refractivity contribution in [3.05, 3.63) is 64.5 Å². The lowest BCUT2D eigenvalue weighted by Gasteiger charge is -2.38. The van der Waals surface area contributed by atoms with Crippen LogP contribution < -0.4 is 0 Å². The number of hydrogen-bond donors (Lipinski definition) is 0. The number of ketones is 1. The van der Waals surface area contributed by atoms with E-state index in [-0.39, 0.29) is 29.1 Å². The van der Waals surface area contributed by atoms with Crippen LogP contribution in [0, 0.1) is 10.8 Å². The third-order valence-corrected chi connectivity index (χ3v) is 9.44. The number of unbranched alkanes of at least 4 members (excludes halogenated alkanes) is 1. The zero-order chi connectivity index (χ0) is 29.7. The Kier molecular flexibility index (Phi) is 10.2. The lowest BCUT2D eigenvalue weighted by atomic mass is 9.78. The van der Waals surface area contributed by atoms with E-state index in [1.165, 1.54) is 41.8 Å². The summed E-state index contributed by atoms with van der Waals surface area (Å²) in [5, 5.41) is 0. The molecule has 2 aliphatic heterocycles. The van der Waals surface area contributed by atoms with Crippen LogP contribution in [0.3, 0.4) is 0 Å². The lowest BCUT2D eigenvalue weighted by Crippen LogP contribution is -2.36. The molecule has 0 N–H and O–H groups in total. The van der Waals surface area contributed by atoms with E-state index in [1.807, 2.05) is 0 Å². The van der Waals surface area contributed by atoms with Gasteiger partial charge in [0.1, 0.15) is 0 Å². The molecule has 0 spiro atoms. The number of carbonyl (C=O) groups is 1. The summed E-state index contributed by atoms with van der Waals surface area (Å²) < 4.78 is 12.7. The zero-order valence-corrected chi connectivity index (χ0v) is 26.9. The molecule has 2 fully saturated rings. The quantitative estimate of drug-likeness (QED) is 0.255. The molecular weight excluding hydrogens is 520 g/mol. The Bertz CT molecular complexity index is 1200. The highest BCUT2D eigenvalue weighted by Crippen LogP contribution is 2.43. The van der Waals surface area contributed by atoms with Gasteiger partial charge in [0.15, 0.2) is 5.78 Å². The Hall–Kier alpha value is -2.08. The van der Waals surface area contributed by atoms with E-state index in [9.17, 15) is 4.79 Å². The highest BCUT2D eigenvalue weighted by Gasteiger charge is 2.38. The van der Waals surface area contributed by atoms with Crippen LogP contribution in [0.25, 0.3) is 0 Å². The molecule has 5 nitrogen and oxygen atoms in total. The molecule has 5 rings (SSSR count). The number of benzene rings is 1. The summed E-state index contributed by atoms with van der Waals surface area (Å²) in [5.41, 5.74) is 6.52. The first-order valence-electron chi connectivity index (χ1n) is 16.6. The summed E-state index contributed by atoms with van der Waals surface area (Å²) in [6, 6.07) is 12.8. The summed E-state index contributed by atoms with van der Waals surface area (Å²) in [4.78, 5) is 21.3. The fraction of sp³-hybridized carbons (Fsp3) is 0.676. The molecule has 2 saturated heterocycles. The van der Waals surface area contributed by atoms with Crippen molar-refractivity contribution < 1.29 is 14.3 Å². The topological polar surface area (TPSA) is 51.7 Å². The predicted octanol–water partition coefficient (Wildman–Crippen LogP) is 8.00.